The Morgan fingerprint density at radius 2 is 1.76 bits per heavy atom. The first-order chi connectivity index (χ1) is 16.1. The van der Waals surface area contributed by atoms with Crippen LogP contribution in [-0.4, -0.2) is 60.7 Å². The number of aromatic nitrogens is 4. The highest BCUT2D eigenvalue weighted by Gasteiger charge is 2.33. The summed E-state index contributed by atoms with van der Waals surface area (Å²) in [6.45, 7) is 6.64. The zero-order chi connectivity index (χ0) is 24.9. The summed E-state index contributed by atoms with van der Waals surface area (Å²) in [7, 11) is 0. The first kappa shape index (κ1) is 25.0. The van der Waals surface area contributed by atoms with Crippen molar-refractivity contribution in [3.63, 3.8) is 0 Å². The molecule has 1 aromatic heterocycles. The molecule has 0 aliphatic carbocycles. The quantitative estimate of drug-likeness (QED) is 0.524. The van der Waals surface area contributed by atoms with E-state index in [1.165, 1.54) is 29.2 Å². The van der Waals surface area contributed by atoms with Gasteiger partial charge in [0.15, 0.2) is 0 Å². The van der Waals surface area contributed by atoms with Crippen LogP contribution in [0, 0.1) is 12.7 Å². The number of hydrogen-bond acceptors (Lipinski definition) is 6. The number of aryl methyl sites for hydroxylation is 1. The molecule has 3 rings (SSSR count). The van der Waals surface area contributed by atoms with E-state index in [0.29, 0.717) is 11.4 Å². The van der Waals surface area contributed by atoms with E-state index in [1.54, 1.807) is 0 Å². The van der Waals surface area contributed by atoms with Crippen LogP contribution in [0.2, 0.25) is 0 Å². The molecule has 2 N–H and O–H groups in total. The van der Waals surface area contributed by atoms with Crippen LogP contribution in [0.25, 0.3) is 11.4 Å². The molecule has 0 aliphatic heterocycles. The van der Waals surface area contributed by atoms with Gasteiger partial charge in [0.1, 0.15) is 18.4 Å². The van der Waals surface area contributed by atoms with Crippen LogP contribution in [0.4, 0.5) is 4.39 Å². The molecule has 9 nitrogen and oxygen atoms in total. The first-order valence-corrected chi connectivity index (χ1v) is 10.9. The van der Waals surface area contributed by atoms with Gasteiger partial charge in [0, 0.05) is 17.6 Å². The fourth-order valence-corrected chi connectivity index (χ4v) is 3.40. The van der Waals surface area contributed by atoms with Crippen LogP contribution in [0.1, 0.15) is 37.9 Å². The molecule has 180 valence electrons. The largest absolute Gasteiger partial charge is 0.395 e. The number of benzene rings is 2. The fourth-order valence-electron chi connectivity index (χ4n) is 3.40. The zero-order valence-electron chi connectivity index (χ0n) is 19.7. The maximum Gasteiger partial charge on any atom is 0.247 e. The lowest BCUT2D eigenvalue weighted by molar-refractivity contribution is -0.142. The van der Waals surface area contributed by atoms with Crippen molar-refractivity contribution in [3.8, 4) is 11.4 Å². The molecule has 1 unspecified atom stereocenters. The van der Waals surface area contributed by atoms with Gasteiger partial charge in [-0.05, 0) is 50.6 Å². The predicted molar refractivity (Wildman–Crippen MR) is 124 cm³/mol. The van der Waals surface area contributed by atoms with Crippen molar-refractivity contribution in [2.75, 3.05) is 13.2 Å². The predicted octanol–water partition coefficient (Wildman–Crippen LogP) is 2.26. The Kier molecular flexibility index (Phi) is 7.72. The van der Waals surface area contributed by atoms with E-state index < -0.39 is 29.2 Å². The van der Waals surface area contributed by atoms with Crippen LogP contribution in [0.15, 0.2) is 48.5 Å². The Morgan fingerprint density at radius 3 is 2.35 bits per heavy atom. The Balaban J connectivity index is 1.88. The number of carbonyl (C=O) groups is 2. The van der Waals surface area contributed by atoms with Gasteiger partial charge >= 0.3 is 0 Å². The molecular weight excluding hydrogens is 439 g/mol. The number of halogens is 1. The summed E-state index contributed by atoms with van der Waals surface area (Å²) in [6.07, 6.45) is 0. The van der Waals surface area contributed by atoms with Gasteiger partial charge in [-0.15, -0.1) is 10.2 Å². The van der Waals surface area contributed by atoms with E-state index >= 15 is 0 Å². The molecule has 34 heavy (non-hydrogen) atoms. The van der Waals surface area contributed by atoms with Crippen LogP contribution < -0.4 is 5.32 Å². The maximum absolute atomic E-state index is 13.5. The van der Waals surface area contributed by atoms with Gasteiger partial charge < -0.3 is 15.3 Å². The van der Waals surface area contributed by atoms with Crippen molar-refractivity contribution in [1.29, 1.82) is 0 Å². The third-order valence-corrected chi connectivity index (χ3v) is 4.94. The van der Waals surface area contributed by atoms with Crippen LogP contribution in [0.3, 0.4) is 0 Å². The Hall–Kier alpha value is -3.66. The lowest BCUT2D eigenvalue weighted by atomic mass is 10.0. The molecule has 0 radical (unpaired) electrons. The van der Waals surface area contributed by atoms with Gasteiger partial charge in [-0.25, -0.2) is 4.39 Å². The molecule has 2 amide bonds. The third-order valence-electron chi connectivity index (χ3n) is 4.94. The van der Waals surface area contributed by atoms with Gasteiger partial charge in [0.25, 0.3) is 0 Å². The number of hydrogen-bond donors (Lipinski definition) is 2. The number of aliphatic hydroxyl groups excluding tert-OH is 1. The van der Waals surface area contributed by atoms with Crippen LogP contribution >= 0.6 is 0 Å². The molecule has 0 spiro atoms. The zero-order valence-corrected chi connectivity index (χ0v) is 19.7. The SMILES string of the molecule is Cc1ccc(-c2nnn(CC(=O)N(CCO)C(C(=O)NC(C)(C)C)c3ccc(F)cc3)n2)cc1. The summed E-state index contributed by atoms with van der Waals surface area (Å²) >= 11 is 0. The lowest BCUT2D eigenvalue weighted by Gasteiger charge is -2.33. The average Bonchev–Trinajstić information content (AvgIpc) is 3.22. The van der Waals surface area contributed by atoms with Crippen molar-refractivity contribution >= 4 is 11.8 Å². The van der Waals surface area contributed by atoms with Crippen molar-refractivity contribution in [2.45, 2.75) is 45.8 Å². The number of tetrazole rings is 1. The second-order valence-corrected chi connectivity index (χ2v) is 9.01. The summed E-state index contributed by atoms with van der Waals surface area (Å²) in [6, 6.07) is 11.8. The monoisotopic (exact) mass is 468 g/mol. The van der Waals surface area contributed by atoms with E-state index in [4.69, 9.17) is 0 Å². The highest BCUT2D eigenvalue weighted by molar-refractivity contribution is 5.89. The van der Waals surface area contributed by atoms with Gasteiger partial charge in [-0.2, -0.15) is 4.80 Å². The summed E-state index contributed by atoms with van der Waals surface area (Å²) in [4.78, 5) is 28.9. The fraction of sp³-hybridized carbons (Fsp3) is 0.375. The molecular formula is C24H29FN6O3. The van der Waals surface area contributed by atoms with Crippen molar-refractivity contribution in [1.82, 2.24) is 30.4 Å². The molecule has 2 aromatic carbocycles. The van der Waals surface area contributed by atoms with Crippen LogP contribution in [0.5, 0.6) is 0 Å². The van der Waals surface area contributed by atoms with Gasteiger partial charge in [0.2, 0.25) is 17.6 Å². The molecule has 0 fully saturated rings. The topological polar surface area (TPSA) is 113 Å². The van der Waals surface area contributed by atoms with E-state index in [1.807, 2.05) is 52.0 Å². The van der Waals surface area contributed by atoms with Gasteiger partial charge in [0.05, 0.1) is 6.61 Å². The number of carbonyl (C=O) groups excluding carboxylic acids is 2. The summed E-state index contributed by atoms with van der Waals surface area (Å²) < 4.78 is 13.5. The number of nitrogens with zero attached hydrogens (tertiary/aromatic N) is 5. The number of rotatable bonds is 8. The molecule has 0 aliphatic rings. The second kappa shape index (κ2) is 10.5. The van der Waals surface area contributed by atoms with E-state index in [2.05, 4.69) is 20.7 Å². The minimum atomic E-state index is -1.08. The van der Waals surface area contributed by atoms with E-state index in [-0.39, 0.29) is 19.7 Å². The lowest BCUT2D eigenvalue weighted by Crippen LogP contribution is -2.50. The molecule has 10 heteroatoms. The van der Waals surface area contributed by atoms with Gasteiger partial charge in [-0.3, -0.25) is 9.59 Å². The highest BCUT2D eigenvalue weighted by atomic mass is 19.1. The number of nitrogens with one attached hydrogen (secondary N) is 1. The number of amides is 2. The van der Waals surface area contributed by atoms with E-state index in [9.17, 15) is 19.1 Å². The molecule has 1 heterocycles. The van der Waals surface area contributed by atoms with Crippen molar-refractivity contribution in [3.05, 3.63) is 65.5 Å². The summed E-state index contributed by atoms with van der Waals surface area (Å²) in [5.41, 5.74) is 1.69. The number of aliphatic hydroxyl groups is 1. The van der Waals surface area contributed by atoms with Gasteiger partial charge in [-0.1, -0.05) is 42.0 Å². The first-order valence-electron chi connectivity index (χ1n) is 10.9. The molecule has 0 saturated heterocycles. The maximum atomic E-state index is 13.5. The Morgan fingerprint density at radius 1 is 1.12 bits per heavy atom. The van der Waals surface area contributed by atoms with Crippen molar-refractivity contribution in [2.24, 2.45) is 0 Å². The minimum Gasteiger partial charge on any atom is -0.395 e. The third kappa shape index (κ3) is 6.44. The molecule has 1 atom stereocenters. The summed E-state index contributed by atoms with van der Waals surface area (Å²) in [5, 5.41) is 24.8. The van der Waals surface area contributed by atoms with Crippen LogP contribution in [-0.2, 0) is 16.1 Å². The van der Waals surface area contributed by atoms with E-state index in [0.717, 1.165) is 15.9 Å². The Bertz CT molecular complexity index is 1120. The van der Waals surface area contributed by atoms with Crippen molar-refractivity contribution < 1.29 is 19.1 Å². The smallest absolute Gasteiger partial charge is 0.247 e. The average molecular weight is 469 g/mol. The molecule has 3 aromatic rings. The minimum absolute atomic E-state index is 0.113. The highest BCUT2D eigenvalue weighted by Crippen LogP contribution is 2.23. The normalized spacial score (nSPS) is 12.3. The molecule has 0 saturated carbocycles. The second-order valence-electron chi connectivity index (χ2n) is 9.01. The molecule has 0 bridgehead atoms. The summed E-state index contributed by atoms with van der Waals surface area (Å²) in [5.74, 6) is -1.05. The Labute approximate surface area is 197 Å². The standard InChI is InChI=1S/C24H29FN6O3/c1-16-5-7-18(8-6-16)22-27-29-31(28-22)15-20(33)30(13-14-32)21(23(34)26-24(2,3)4)17-9-11-19(25)12-10-17/h5-12,21,32H,13-15H2,1-4H3,(H,26,34).